The number of oxime groups is 1. The van der Waals surface area contributed by atoms with Crippen molar-refractivity contribution in [2.45, 2.75) is 82.6 Å². The number of hydrogen-bond acceptors (Lipinski definition) is 10. The highest BCUT2D eigenvalue weighted by atomic mass is 16.7. The first-order valence-electron chi connectivity index (χ1n) is 20.9. The molecule has 0 spiro atoms. The zero-order valence-electron chi connectivity index (χ0n) is 34.4. The lowest BCUT2D eigenvalue weighted by molar-refractivity contribution is -0.256. The minimum absolute atomic E-state index is 0.00308. The molecule has 3 aromatic carbocycles. The maximum absolute atomic E-state index is 14.7. The highest BCUT2D eigenvalue weighted by Crippen LogP contribution is 2.62. The Labute approximate surface area is 347 Å². The van der Waals surface area contributed by atoms with E-state index in [1.807, 2.05) is 61.5 Å². The molecule has 0 unspecified atom stereocenters. The van der Waals surface area contributed by atoms with Gasteiger partial charge in [-0.3, -0.25) is 4.90 Å². The van der Waals surface area contributed by atoms with E-state index in [1.165, 1.54) is 7.11 Å². The van der Waals surface area contributed by atoms with Gasteiger partial charge in [0.25, 0.3) is 0 Å². The van der Waals surface area contributed by atoms with E-state index in [9.17, 15) is 19.8 Å². The molecule has 316 valence electrons. The maximum Gasteiger partial charge on any atom is 0.412 e. The number of carbonyl (C=O) groups is 2. The first-order valence-corrected chi connectivity index (χ1v) is 20.9. The normalized spacial score (nSPS) is 23.6. The van der Waals surface area contributed by atoms with Crippen LogP contribution in [0.15, 0.2) is 103 Å². The lowest BCUT2D eigenvalue weighted by atomic mass is 9.55. The van der Waals surface area contributed by atoms with Gasteiger partial charge in [-0.15, -0.1) is 13.2 Å². The summed E-state index contributed by atoms with van der Waals surface area (Å²) in [7, 11) is 1.52. The van der Waals surface area contributed by atoms with E-state index in [-0.39, 0.29) is 57.1 Å². The van der Waals surface area contributed by atoms with Gasteiger partial charge in [0.05, 0.1) is 31.4 Å². The SMILES string of the molecule is C=CCCOC(=O)N(Cc1cccc2ccccc12)[C@H]1CC(=NOC)C2=C[C@H](CCCCO)[C@@H](CCCCO)[C@@H]3c4cc(OC(=O)NCC)ccc4O[C@@]1(OCC=C)[C@H]23. The third-order valence-corrected chi connectivity index (χ3v) is 11.8. The zero-order valence-corrected chi connectivity index (χ0v) is 34.4. The molecule has 1 aliphatic heterocycles. The van der Waals surface area contributed by atoms with Crippen LogP contribution >= 0.6 is 0 Å². The molecule has 12 heteroatoms. The van der Waals surface area contributed by atoms with Gasteiger partial charge in [0, 0.05) is 37.7 Å². The average molecular weight is 810 g/mol. The van der Waals surface area contributed by atoms with E-state index < -0.39 is 29.9 Å². The Morgan fingerprint density at radius 1 is 1.02 bits per heavy atom. The van der Waals surface area contributed by atoms with Crippen LogP contribution in [0.4, 0.5) is 9.59 Å². The summed E-state index contributed by atoms with van der Waals surface area (Å²) in [5, 5.41) is 29.2. The largest absolute Gasteiger partial charge is 0.459 e. The number of allylic oxidation sites excluding steroid dienone is 1. The van der Waals surface area contributed by atoms with Crippen molar-refractivity contribution in [1.29, 1.82) is 0 Å². The number of nitrogens with one attached hydrogen (secondary N) is 1. The maximum atomic E-state index is 14.7. The van der Waals surface area contributed by atoms with Crippen LogP contribution < -0.4 is 14.8 Å². The minimum atomic E-state index is -1.49. The molecular formula is C47H59N3O9. The summed E-state index contributed by atoms with van der Waals surface area (Å²) in [6.07, 6.45) is 9.68. The Morgan fingerprint density at radius 3 is 2.54 bits per heavy atom. The van der Waals surface area contributed by atoms with Crippen molar-refractivity contribution in [2.24, 2.45) is 22.9 Å². The summed E-state index contributed by atoms with van der Waals surface area (Å²) in [4.78, 5) is 34.7. The second-order valence-corrected chi connectivity index (χ2v) is 15.3. The molecule has 59 heavy (non-hydrogen) atoms. The van der Waals surface area contributed by atoms with Crippen LogP contribution in [-0.2, 0) is 20.9 Å². The fourth-order valence-electron chi connectivity index (χ4n) is 9.34. The number of benzene rings is 3. The van der Waals surface area contributed by atoms with Crippen LogP contribution in [0.1, 0.15) is 75.3 Å². The van der Waals surface area contributed by atoms with Crippen molar-refractivity contribution in [3.8, 4) is 11.5 Å². The molecule has 12 nitrogen and oxygen atoms in total. The summed E-state index contributed by atoms with van der Waals surface area (Å²) in [6.45, 7) is 10.7. The van der Waals surface area contributed by atoms with Crippen molar-refractivity contribution in [1.82, 2.24) is 10.2 Å². The van der Waals surface area contributed by atoms with Crippen molar-refractivity contribution < 1.29 is 43.6 Å². The summed E-state index contributed by atoms with van der Waals surface area (Å²) in [5.74, 6) is -1.37. The molecule has 1 fully saturated rings. The first-order chi connectivity index (χ1) is 28.8. The molecule has 2 amide bonds. The Morgan fingerprint density at radius 2 is 1.80 bits per heavy atom. The molecule has 0 radical (unpaired) electrons. The lowest BCUT2D eigenvalue weighted by Crippen LogP contribution is -2.70. The predicted molar refractivity (Wildman–Crippen MR) is 227 cm³/mol. The number of aliphatic hydroxyl groups is 2. The fraction of sp³-hybridized carbons (Fsp3) is 0.468. The molecule has 2 aliphatic carbocycles. The Balaban J connectivity index is 1.60. The number of aliphatic hydroxyl groups excluding tert-OH is 2. The Hall–Kier alpha value is -5.17. The Kier molecular flexibility index (Phi) is 15.2. The summed E-state index contributed by atoms with van der Waals surface area (Å²) in [5.41, 5.74) is 3.32. The van der Waals surface area contributed by atoms with E-state index in [1.54, 1.807) is 23.1 Å². The molecule has 6 rings (SSSR count). The Bertz CT molecular complexity index is 1990. The predicted octanol–water partition coefficient (Wildman–Crippen LogP) is 8.43. The molecule has 1 heterocycles. The molecule has 3 aliphatic rings. The van der Waals surface area contributed by atoms with Crippen molar-refractivity contribution in [3.63, 3.8) is 0 Å². The number of amides is 2. The zero-order chi connectivity index (χ0) is 41.8. The molecule has 6 atom stereocenters. The van der Waals surface area contributed by atoms with E-state index in [0.29, 0.717) is 43.0 Å². The van der Waals surface area contributed by atoms with Gasteiger partial charge in [0.15, 0.2) is 0 Å². The number of nitrogens with zero attached hydrogens (tertiary/aromatic N) is 2. The second kappa shape index (κ2) is 20.7. The van der Waals surface area contributed by atoms with Gasteiger partial charge in [-0.1, -0.05) is 78.7 Å². The molecule has 0 aromatic heterocycles. The van der Waals surface area contributed by atoms with E-state index in [0.717, 1.165) is 53.2 Å². The average Bonchev–Trinajstić information content (AvgIpc) is 3.24. The highest BCUT2D eigenvalue weighted by Gasteiger charge is 2.65. The fourth-order valence-corrected chi connectivity index (χ4v) is 9.34. The van der Waals surface area contributed by atoms with Gasteiger partial charge >= 0.3 is 12.2 Å². The molecule has 3 aromatic rings. The third kappa shape index (κ3) is 9.51. The van der Waals surface area contributed by atoms with E-state index in [4.69, 9.17) is 23.8 Å². The molecule has 3 N–H and O–H groups in total. The molecule has 0 bridgehead atoms. The topological polar surface area (TPSA) is 148 Å². The first kappa shape index (κ1) is 43.4. The van der Waals surface area contributed by atoms with Crippen LogP contribution in [0.5, 0.6) is 11.5 Å². The second-order valence-electron chi connectivity index (χ2n) is 15.3. The molecule has 0 saturated heterocycles. The summed E-state index contributed by atoms with van der Waals surface area (Å²) < 4.78 is 26.1. The number of rotatable bonds is 20. The summed E-state index contributed by atoms with van der Waals surface area (Å²) in [6, 6.07) is 18.7. The van der Waals surface area contributed by atoms with Crippen molar-refractivity contribution in [2.75, 3.05) is 40.1 Å². The van der Waals surface area contributed by atoms with Gasteiger partial charge in [-0.2, -0.15) is 0 Å². The van der Waals surface area contributed by atoms with Gasteiger partial charge in [-0.25, -0.2) is 9.59 Å². The van der Waals surface area contributed by atoms with Gasteiger partial charge in [-0.05, 0) is 91.0 Å². The minimum Gasteiger partial charge on any atom is -0.459 e. The highest BCUT2D eigenvalue weighted by molar-refractivity contribution is 6.03. The van der Waals surface area contributed by atoms with Crippen molar-refractivity contribution in [3.05, 3.63) is 109 Å². The van der Waals surface area contributed by atoms with Crippen LogP contribution in [0, 0.1) is 17.8 Å². The monoisotopic (exact) mass is 809 g/mol. The van der Waals surface area contributed by atoms with E-state index in [2.05, 4.69) is 29.7 Å². The van der Waals surface area contributed by atoms with Crippen LogP contribution in [-0.4, -0.2) is 84.9 Å². The number of carbonyl (C=O) groups excluding carboxylic acids is 2. The van der Waals surface area contributed by atoms with E-state index >= 15 is 0 Å². The lowest BCUT2D eigenvalue weighted by Gasteiger charge is -2.59. The van der Waals surface area contributed by atoms with Crippen LogP contribution in [0.25, 0.3) is 10.8 Å². The van der Waals surface area contributed by atoms with Gasteiger partial charge < -0.3 is 39.3 Å². The number of ether oxygens (including phenoxy) is 4. The number of fused-ring (bicyclic) bond motifs is 3. The van der Waals surface area contributed by atoms with Crippen LogP contribution in [0.2, 0.25) is 0 Å². The third-order valence-electron chi connectivity index (χ3n) is 11.8. The molecule has 1 saturated carbocycles. The number of hydrogen-bond donors (Lipinski definition) is 3. The van der Waals surface area contributed by atoms with Crippen LogP contribution in [0.3, 0.4) is 0 Å². The number of unbranched alkanes of at least 4 members (excludes halogenated alkanes) is 2. The van der Waals surface area contributed by atoms with Gasteiger partial charge in [0.2, 0.25) is 5.79 Å². The molecular weight excluding hydrogens is 751 g/mol. The smallest absolute Gasteiger partial charge is 0.412 e. The standard InChI is InChI=1S/C47H59N3O9/c1-5-8-27-56-46(54)50(31-34-19-15-18-32-16-9-10-20-36(32)34)42-30-40(49-55-4)38-28-33(17-11-13-24-51)37(21-12-14-25-52)43-39-29-35(58-45(53)48-7-3)22-23-41(39)59-47(42,44(38)43)57-26-6-2/h5-6,9-10,15-16,18-20,22-23,28-29,33,37,42-44,51-52H,1-2,7-8,11-14,17,21,24-27,30-31H2,3-4H3,(H,48,53)/t33-,37+,42-,43+,44+,47+/m0/s1. The summed E-state index contributed by atoms with van der Waals surface area (Å²) >= 11 is 0. The quantitative estimate of drug-likeness (QED) is 0.0581. The van der Waals surface area contributed by atoms with Crippen molar-refractivity contribution >= 4 is 28.7 Å². The van der Waals surface area contributed by atoms with Gasteiger partial charge in [0.1, 0.15) is 24.7 Å².